The molecule has 0 bridgehead atoms. The monoisotopic (exact) mass is 376 g/mol. The molecule has 2 heterocycles. The average molecular weight is 376 g/mol. The molecule has 2 amide bonds. The predicted octanol–water partition coefficient (Wildman–Crippen LogP) is 3.38. The number of carbonyl (C=O) groups excluding carboxylic acids is 2. The summed E-state index contributed by atoms with van der Waals surface area (Å²) in [5.41, 5.74) is 5.59. The van der Waals surface area contributed by atoms with Crippen LogP contribution in [0.3, 0.4) is 0 Å². The van der Waals surface area contributed by atoms with Crippen molar-refractivity contribution < 1.29 is 14.3 Å². The van der Waals surface area contributed by atoms with Crippen molar-refractivity contribution >= 4 is 23.2 Å². The van der Waals surface area contributed by atoms with E-state index in [4.69, 9.17) is 4.74 Å². The lowest BCUT2D eigenvalue weighted by Crippen LogP contribution is -2.25. The molecule has 0 spiro atoms. The number of amides is 2. The quantitative estimate of drug-likeness (QED) is 0.734. The van der Waals surface area contributed by atoms with Crippen molar-refractivity contribution in [2.24, 2.45) is 0 Å². The van der Waals surface area contributed by atoms with Crippen molar-refractivity contribution in [2.45, 2.75) is 20.8 Å². The Hall–Kier alpha value is -3.61. The van der Waals surface area contributed by atoms with Crippen LogP contribution in [0.4, 0.5) is 11.4 Å². The average Bonchev–Trinajstić information content (AvgIpc) is 3.03. The van der Waals surface area contributed by atoms with E-state index < -0.39 is 0 Å². The Morgan fingerprint density at radius 3 is 2.82 bits per heavy atom. The molecule has 2 aromatic carbocycles. The molecule has 0 saturated carbocycles. The Morgan fingerprint density at radius 2 is 2.00 bits per heavy atom. The Kier molecular flexibility index (Phi) is 4.35. The molecule has 28 heavy (non-hydrogen) atoms. The Balaban J connectivity index is 1.59. The Bertz CT molecular complexity index is 1100. The van der Waals surface area contributed by atoms with Gasteiger partial charge in [-0.3, -0.25) is 9.59 Å². The van der Waals surface area contributed by atoms with Crippen molar-refractivity contribution in [3.63, 3.8) is 0 Å². The summed E-state index contributed by atoms with van der Waals surface area (Å²) in [5.74, 6) is 0.0250. The van der Waals surface area contributed by atoms with Gasteiger partial charge in [0.25, 0.3) is 11.8 Å². The minimum absolute atomic E-state index is 0.0186. The van der Waals surface area contributed by atoms with Gasteiger partial charge in [-0.2, -0.15) is 5.10 Å². The van der Waals surface area contributed by atoms with Crippen LogP contribution in [0.1, 0.15) is 27.2 Å². The van der Waals surface area contributed by atoms with E-state index in [2.05, 4.69) is 27.9 Å². The zero-order chi connectivity index (χ0) is 19.8. The number of ether oxygens (including phenoxy) is 1. The summed E-state index contributed by atoms with van der Waals surface area (Å²) in [7, 11) is 0. The van der Waals surface area contributed by atoms with E-state index in [1.807, 2.05) is 31.5 Å². The summed E-state index contributed by atoms with van der Waals surface area (Å²) in [4.78, 5) is 24.2. The molecule has 0 unspecified atom stereocenters. The van der Waals surface area contributed by atoms with E-state index in [-0.39, 0.29) is 18.4 Å². The van der Waals surface area contributed by atoms with E-state index in [0.29, 0.717) is 22.7 Å². The number of nitrogens with zero attached hydrogens (tertiary/aromatic N) is 2. The number of aromatic nitrogens is 2. The van der Waals surface area contributed by atoms with Crippen molar-refractivity contribution in [1.29, 1.82) is 0 Å². The number of carbonyl (C=O) groups is 2. The molecule has 7 heteroatoms. The Morgan fingerprint density at radius 1 is 1.18 bits per heavy atom. The molecule has 0 aliphatic carbocycles. The lowest BCUT2D eigenvalue weighted by molar-refractivity contribution is -0.118. The maximum absolute atomic E-state index is 12.7. The highest BCUT2D eigenvalue weighted by atomic mass is 16.5. The van der Waals surface area contributed by atoms with Gasteiger partial charge in [0, 0.05) is 5.56 Å². The molecule has 0 saturated heterocycles. The van der Waals surface area contributed by atoms with Crippen LogP contribution in [-0.4, -0.2) is 28.2 Å². The number of nitrogens with one attached hydrogen (secondary N) is 2. The minimum Gasteiger partial charge on any atom is -0.482 e. The van der Waals surface area contributed by atoms with Gasteiger partial charge in [-0.05, 0) is 56.2 Å². The first kappa shape index (κ1) is 17.8. The van der Waals surface area contributed by atoms with Gasteiger partial charge in [-0.15, -0.1) is 0 Å². The van der Waals surface area contributed by atoms with Gasteiger partial charge in [0.1, 0.15) is 5.75 Å². The number of hydrogen-bond acceptors (Lipinski definition) is 4. The number of rotatable bonds is 3. The molecule has 4 rings (SSSR count). The molecular weight excluding hydrogens is 356 g/mol. The van der Waals surface area contributed by atoms with Gasteiger partial charge < -0.3 is 15.4 Å². The van der Waals surface area contributed by atoms with Crippen molar-refractivity contribution in [1.82, 2.24) is 9.78 Å². The van der Waals surface area contributed by atoms with E-state index in [0.717, 1.165) is 22.5 Å². The third kappa shape index (κ3) is 3.22. The van der Waals surface area contributed by atoms with E-state index in [1.165, 1.54) is 0 Å². The Labute approximate surface area is 162 Å². The number of anilines is 2. The van der Waals surface area contributed by atoms with Gasteiger partial charge >= 0.3 is 0 Å². The van der Waals surface area contributed by atoms with Crippen molar-refractivity contribution in [3.8, 4) is 11.4 Å². The first-order chi connectivity index (χ1) is 13.4. The van der Waals surface area contributed by atoms with Crippen LogP contribution >= 0.6 is 0 Å². The number of benzene rings is 2. The minimum atomic E-state index is -0.286. The summed E-state index contributed by atoms with van der Waals surface area (Å²) < 4.78 is 7.14. The highest BCUT2D eigenvalue weighted by molar-refractivity contribution is 6.06. The fourth-order valence-corrected chi connectivity index (χ4v) is 3.14. The van der Waals surface area contributed by atoms with Crippen LogP contribution in [0.15, 0.2) is 42.6 Å². The van der Waals surface area contributed by atoms with Crippen LogP contribution in [0.25, 0.3) is 5.69 Å². The van der Waals surface area contributed by atoms with Gasteiger partial charge in [-0.25, -0.2) is 4.68 Å². The zero-order valence-electron chi connectivity index (χ0n) is 15.9. The summed E-state index contributed by atoms with van der Waals surface area (Å²) >= 11 is 0. The van der Waals surface area contributed by atoms with Gasteiger partial charge in [-0.1, -0.05) is 12.1 Å². The van der Waals surface area contributed by atoms with Crippen LogP contribution in [0.2, 0.25) is 0 Å². The molecule has 7 nitrogen and oxygen atoms in total. The highest BCUT2D eigenvalue weighted by Crippen LogP contribution is 2.29. The second kappa shape index (κ2) is 6.84. The molecule has 0 radical (unpaired) electrons. The topological polar surface area (TPSA) is 85.3 Å². The lowest BCUT2D eigenvalue weighted by Gasteiger charge is -2.18. The summed E-state index contributed by atoms with van der Waals surface area (Å²) in [6, 6.07) is 11.1. The molecule has 0 fully saturated rings. The van der Waals surface area contributed by atoms with Gasteiger partial charge in [0.2, 0.25) is 0 Å². The fourth-order valence-electron chi connectivity index (χ4n) is 3.14. The van der Waals surface area contributed by atoms with Crippen LogP contribution in [0.5, 0.6) is 5.75 Å². The van der Waals surface area contributed by atoms with Crippen molar-refractivity contribution in [3.05, 3.63) is 65.0 Å². The molecule has 1 aliphatic rings. The zero-order valence-corrected chi connectivity index (χ0v) is 15.9. The van der Waals surface area contributed by atoms with Crippen LogP contribution in [-0.2, 0) is 4.79 Å². The number of aryl methyl sites for hydroxylation is 2. The fraction of sp³-hybridized carbons (Fsp3) is 0.190. The highest BCUT2D eigenvalue weighted by Gasteiger charge is 2.19. The van der Waals surface area contributed by atoms with Gasteiger partial charge in [0.05, 0.1) is 29.0 Å². The van der Waals surface area contributed by atoms with E-state index in [1.54, 1.807) is 24.4 Å². The smallest absolute Gasteiger partial charge is 0.262 e. The third-order valence-corrected chi connectivity index (χ3v) is 4.73. The van der Waals surface area contributed by atoms with Crippen LogP contribution in [0, 0.1) is 20.8 Å². The summed E-state index contributed by atoms with van der Waals surface area (Å²) in [5, 5.41) is 10.0. The van der Waals surface area contributed by atoms with E-state index in [9.17, 15) is 9.59 Å². The van der Waals surface area contributed by atoms with Crippen molar-refractivity contribution in [2.75, 3.05) is 17.2 Å². The SMILES string of the molecule is Cc1ccc(C)c(-n2ncc(NC(=O)c3ccc4c(c3)NC(=O)CO4)c2C)c1. The largest absolute Gasteiger partial charge is 0.482 e. The molecule has 2 N–H and O–H groups in total. The number of hydrogen-bond donors (Lipinski definition) is 2. The molecule has 142 valence electrons. The van der Waals surface area contributed by atoms with Gasteiger partial charge in [0.15, 0.2) is 6.61 Å². The first-order valence-electron chi connectivity index (χ1n) is 8.92. The normalized spacial score (nSPS) is 12.8. The molecule has 1 aliphatic heterocycles. The molecule has 0 atom stereocenters. The van der Waals surface area contributed by atoms with Crippen LogP contribution < -0.4 is 15.4 Å². The third-order valence-electron chi connectivity index (χ3n) is 4.73. The van der Waals surface area contributed by atoms with E-state index >= 15 is 0 Å². The standard InChI is InChI=1S/C21H20N4O3/c1-12-4-5-13(2)18(8-12)25-14(3)17(10-22-25)24-21(27)15-6-7-19-16(9-15)23-20(26)11-28-19/h4-10H,11H2,1-3H3,(H,23,26)(H,24,27). The molecule has 1 aromatic heterocycles. The second-order valence-electron chi connectivity index (χ2n) is 6.85. The molecular formula is C21H20N4O3. The predicted molar refractivity (Wildman–Crippen MR) is 106 cm³/mol. The maximum Gasteiger partial charge on any atom is 0.262 e. The first-order valence-corrected chi connectivity index (χ1v) is 8.92. The second-order valence-corrected chi connectivity index (χ2v) is 6.85. The lowest BCUT2D eigenvalue weighted by atomic mass is 10.1. The molecule has 3 aromatic rings. The number of fused-ring (bicyclic) bond motifs is 1. The summed E-state index contributed by atoms with van der Waals surface area (Å²) in [6.45, 7) is 5.95. The maximum atomic E-state index is 12.7. The summed E-state index contributed by atoms with van der Waals surface area (Å²) in [6.07, 6.45) is 1.64.